The van der Waals surface area contributed by atoms with Crippen molar-refractivity contribution in [2.45, 2.75) is 23.3 Å². The Balaban J connectivity index is 1.45. The summed E-state index contributed by atoms with van der Waals surface area (Å²) in [6.07, 6.45) is 1.47. The number of fused-ring (bicyclic) bond motifs is 2. The highest BCUT2D eigenvalue weighted by Gasteiger charge is 2.48. The van der Waals surface area contributed by atoms with Gasteiger partial charge in [0.25, 0.3) is 0 Å². The second-order valence-corrected chi connectivity index (χ2v) is 8.24. The molecular formula is C18H17NO6S. The lowest BCUT2D eigenvalue weighted by molar-refractivity contribution is 0.171. The summed E-state index contributed by atoms with van der Waals surface area (Å²) in [4.78, 5) is 0.158. The lowest BCUT2D eigenvalue weighted by atomic mass is 10.1. The number of sulfonamides is 1. The summed E-state index contributed by atoms with van der Waals surface area (Å²) in [5.74, 6) is 2.34. The van der Waals surface area contributed by atoms with E-state index in [1.165, 1.54) is 12.1 Å². The molecule has 0 aromatic heterocycles. The zero-order valence-electron chi connectivity index (χ0n) is 13.9. The summed E-state index contributed by atoms with van der Waals surface area (Å²) >= 11 is 0. The van der Waals surface area contributed by atoms with Crippen LogP contribution in [0, 0.1) is 0 Å². The van der Waals surface area contributed by atoms with Crippen molar-refractivity contribution in [2.75, 3.05) is 20.0 Å². The van der Waals surface area contributed by atoms with Crippen LogP contribution in [-0.2, 0) is 15.6 Å². The predicted octanol–water partition coefficient (Wildman–Crippen LogP) is 2.15. The zero-order valence-corrected chi connectivity index (χ0v) is 14.7. The van der Waals surface area contributed by atoms with Gasteiger partial charge in [-0.15, -0.1) is 0 Å². The van der Waals surface area contributed by atoms with E-state index in [9.17, 15) is 8.42 Å². The van der Waals surface area contributed by atoms with Gasteiger partial charge in [0.1, 0.15) is 13.2 Å². The smallest absolute Gasteiger partial charge is 0.241 e. The van der Waals surface area contributed by atoms with Crippen LogP contribution in [-0.4, -0.2) is 28.4 Å². The molecule has 26 heavy (non-hydrogen) atoms. The minimum Gasteiger partial charge on any atom is -0.486 e. The largest absolute Gasteiger partial charge is 0.486 e. The fraction of sp³-hybridized carbons (Fsp3) is 0.333. The van der Waals surface area contributed by atoms with Crippen LogP contribution in [0.4, 0.5) is 0 Å². The van der Waals surface area contributed by atoms with Crippen LogP contribution in [0.25, 0.3) is 0 Å². The molecule has 0 radical (unpaired) electrons. The van der Waals surface area contributed by atoms with Gasteiger partial charge in [-0.1, -0.05) is 6.07 Å². The van der Waals surface area contributed by atoms with E-state index in [0.717, 1.165) is 18.4 Å². The van der Waals surface area contributed by atoms with Gasteiger partial charge in [-0.2, -0.15) is 0 Å². The van der Waals surface area contributed by atoms with E-state index in [4.69, 9.17) is 18.9 Å². The fourth-order valence-corrected chi connectivity index (χ4v) is 4.74. The molecule has 2 aromatic carbocycles. The van der Waals surface area contributed by atoms with Crippen molar-refractivity contribution in [1.29, 1.82) is 0 Å². The Morgan fingerprint density at radius 3 is 2.27 bits per heavy atom. The van der Waals surface area contributed by atoms with E-state index >= 15 is 0 Å². The van der Waals surface area contributed by atoms with Crippen molar-refractivity contribution < 1.29 is 27.4 Å². The lowest BCUT2D eigenvalue weighted by Gasteiger charge is -2.22. The number of hydrogen-bond acceptors (Lipinski definition) is 6. The van der Waals surface area contributed by atoms with Crippen molar-refractivity contribution in [3.8, 4) is 23.0 Å². The van der Waals surface area contributed by atoms with Crippen LogP contribution >= 0.6 is 0 Å². The number of ether oxygens (including phenoxy) is 4. The molecule has 136 valence electrons. The number of nitrogens with one attached hydrogen (secondary N) is 1. The molecular weight excluding hydrogens is 358 g/mol. The van der Waals surface area contributed by atoms with E-state index in [-0.39, 0.29) is 11.7 Å². The summed E-state index contributed by atoms with van der Waals surface area (Å²) in [5, 5.41) is 0. The van der Waals surface area contributed by atoms with Crippen LogP contribution < -0.4 is 23.7 Å². The normalized spacial score (nSPS) is 19.2. The Kier molecular flexibility index (Phi) is 3.35. The van der Waals surface area contributed by atoms with Gasteiger partial charge in [0.2, 0.25) is 16.8 Å². The Hall–Kier alpha value is -2.45. The molecule has 0 bridgehead atoms. The first kappa shape index (κ1) is 15.8. The molecule has 0 unspecified atom stereocenters. The maximum absolute atomic E-state index is 12.9. The van der Waals surface area contributed by atoms with Crippen LogP contribution in [0.15, 0.2) is 41.3 Å². The molecule has 0 saturated heterocycles. The van der Waals surface area contributed by atoms with Crippen LogP contribution in [0.5, 0.6) is 23.0 Å². The Morgan fingerprint density at radius 1 is 0.808 bits per heavy atom. The average molecular weight is 375 g/mol. The highest BCUT2D eigenvalue weighted by atomic mass is 32.2. The number of hydrogen-bond donors (Lipinski definition) is 1. The van der Waals surface area contributed by atoms with Gasteiger partial charge < -0.3 is 18.9 Å². The van der Waals surface area contributed by atoms with Crippen molar-refractivity contribution in [3.63, 3.8) is 0 Å². The molecule has 7 nitrogen and oxygen atoms in total. The molecule has 2 aliphatic heterocycles. The van der Waals surface area contributed by atoms with E-state index in [1.54, 1.807) is 6.07 Å². The Labute approximate surface area is 150 Å². The lowest BCUT2D eigenvalue weighted by Crippen LogP contribution is -2.35. The van der Waals surface area contributed by atoms with Crippen molar-refractivity contribution in [2.24, 2.45) is 0 Å². The maximum atomic E-state index is 12.9. The first-order chi connectivity index (χ1) is 12.6. The quantitative estimate of drug-likeness (QED) is 0.882. The van der Waals surface area contributed by atoms with Gasteiger partial charge in [-0.25, -0.2) is 13.1 Å². The molecule has 1 N–H and O–H groups in total. The molecule has 2 heterocycles. The van der Waals surface area contributed by atoms with E-state index in [2.05, 4.69) is 4.72 Å². The van der Waals surface area contributed by atoms with Gasteiger partial charge in [0.15, 0.2) is 23.0 Å². The summed E-state index contributed by atoms with van der Waals surface area (Å²) in [5.41, 5.74) is 0.275. The third-order valence-electron chi connectivity index (χ3n) is 4.83. The number of rotatable bonds is 4. The molecule has 1 fully saturated rings. The topological polar surface area (TPSA) is 83.1 Å². The molecule has 5 rings (SSSR count). The average Bonchev–Trinajstić information content (AvgIpc) is 3.26. The third-order valence-corrected chi connectivity index (χ3v) is 6.36. The minimum absolute atomic E-state index is 0.105. The van der Waals surface area contributed by atoms with Crippen molar-refractivity contribution in [3.05, 3.63) is 42.0 Å². The molecule has 2 aromatic rings. The molecule has 3 aliphatic rings. The van der Waals surface area contributed by atoms with Crippen LogP contribution in [0.3, 0.4) is 0 Å². The molecule has 0 atom stereocenters. The molecule has 1 aliphatic carbocycles. The van der Waals surface area contributed by atoms with E-state index < -0.39 is 15.6 Å². The highest BCUT2D eigenvalue weighted by molar-refractivity contribution is 7.89. The summed E-state index contributed by atoms with van der Waals surface area (Å²) < 4.78 is 50.3. The van der Waals surface area contributed by atoms with Gasteiger partial charge in [0.05, 0.1) is 10.4 Å². The molecule has 0 spiro atoms. The molecule has 1 saturated carbocycles. The van der Waals surface area contributed by atoms with Crippen molar-refractivity contribution >= 4 is 10.0 Å². The minimum atomic E-state index is -3.70. The Bertz CT molecular complexity index is 983. The summed E-state index contributed by atoms with van der Waals surface area (Å²) in [6, 6.07) is 10.2. The standard InChI is InChI=1S/C18H17NO6S/c20-26(21,13-2-4-15-17(10-13)25-11-24-15)19-18(5-6-18)12-1-3-14-16(9-12)23-8-7-22-14/h1-4,9-10,19H,5-8,11H2. The SMILES string of the molecule is O=S(=O)(NC1(c2ccc3c(c2)OCCO3)CC1)c1ccc2c(c1)OCO2. The fourth-order valence-electron chi connectivity index (χ4n) is 3.28. The van der Waals surface area contributed by atoms with Crippen molar-refractivity contribution in [1.82, 2.24) is 4.72 Å². The number of benzene rings is 2. The molecule has 8 heteroatoms. The maximum Gasteiger partial charge on any atom is 0.241 e. The second-order valence-electron chi connectivity index (χ2n) is 6.56. The Morgan fingerprint density at radius 2 is 1.46 bits per heavy atom. The first-order valence-electron chi connectivity index (χ1n) is 8.40. The van der Waals surface area contributed by atoms with Gasteiger partial charge >= 0.3 is 0 Å². The van der Waals surface area contributed by atoms with Crippen LogP contribution in [0.2, 0.25) is 0 Å². The summed E-state index contributed by atoms with van der Waals surface area (Å²) in [6.45, 7) is 1.12. The van der Waals surface area contributed by atoms with Gasteiger partial charge in [-0.05, 0) is 42.7 Å². The van der Waals surface area contributed by atoms with E-state index in [0.29, 0.717) is 36.2 Å². The predicted molar refractivity (Wildman–Crippen MR) is 91.2 cm³/mol. The van der Waals surface area contributed by atoms with E-state index in [1.807, 2.05) is 18.2 Å². The monoisotopic (exact) mass is 375 g/mol. The first-order valence-corrected chi connectivity index (χ1v) is 9.88. The zero-order chi connectivity index (χ0) is 17.8. The highest BCUT2D eigenvalue weighted by Crippen LogP contribution is 2.49. The summed E-state index contributed by atoms with van der Waals surface area (Å²) in [7, 11) is -3.70. The van der Waals surface area contributed by atoms with Gasteiger partial charge in [-0.3, -0.25) is 0 Å². The third kappa shape index (κ3) is 2.57. The second kappa shape index (κ2) is 5.52. The van der Waals surface area contributed by atoms with Crippen LogP contribution in [0.1, 0.15) is 18.4 Å². The molecule has 0 amide bonds. The van der Waals surface area contributed by atoms with Gasteiger partial charge in [0, 0.05) is 6.07 Å².